The normalized spacial score (nSPS) is 12.5. The third kappa shape index (κ3) is 3.49. The number of carboxylic acid groups (broad SMARTS) is 1. The first kappa shape index (κ1) is 11.9. The van der Waals surface area contributed by atoms with Crippen LogP contribution in [0.4, 0.5) is 4.39 Å². The lowest BCUT2D eigenvalue weighted by Gasteiger charge is -2.10. The van der Waals surface area contributed by atoms with Crippen molar-refractivity contribution in [3.05, 3.63) is 34.6 Å². The summed E-state index contributed by atoms with van der Waals surface area (Å²) in [6.45, 7) is 0. The van der Waals surface area contributed by atoms with E-state index in [0.29, 0.717) is 5.56 Å². The van der Waals surface area contributed by atoms with Gasteiger partial charge in [-0.3, -0.25) is 0 Å². The lowest BCUT2D eigenvalue weighted by Crippen LogP contribution is -2.24. The van der Waals surface area contributed by atoms with E-state index >= 15 is 0 Å². The smallest absolute Gasteiger partial charge is 0.333 e. The fourth-order valence-electron chi connectivity index (χ4n) is 1.21. The minimum Gasteiger partial charge on any atom is -0.479 e. The van der Waals surface area contributed by atoms with Crippen molar-refractivity contribution in [2.24, 2.45) is 0 Å². The van der Waals surface area contributed by atoms with E-state index in [0.717, 1.165) is 6.07 Å². The maximum absolute atomic E-state index is 12.9. The second kappa shape index (κ2) is 5.09. The quantitative estimate of drug-likeness (QED) is 0.865. The van der Waals surface area contributed by atoms with Gasteiger partial charge in [0.05, 0.1) is 0 Å². The summed E-state index contributed by atoms with van der Waals surface area (Å²) in [5.41, 5.74) is 0.495. The highest BCUT2D eigenvalue weighted by Crippen LogP contribution is 2.16. The molecule has 0 radical (unpaired) electrons. The lowest BCUT2D eigenvalue weighted by molar-refractivity contribution is -0.148. The zero-order chi connectivity index (χ0) is 11.4. The van der Waals surface area contributed by atoms with Crippen molar-refractivity contribution in [2.75, 3.05) is 7.11 Å². The summed E-state index contributed by atoms with van der Waals surface area (Å²) in [6, 6.07) is 3.91. The summed E-state index contributed by atoms with van der Waals surface area (Å²) >= 11 is 5.63. The van der Waals surface area contributed by atoms with E-state index in [9.17, 15) is 9.18 Å². The van der Waals surface area contributed by atoms with Crippen molar-refractivity contribution in [1.82, 2.24) is 0 Å². The Morgan fingerprint density at radius 2 is 2.27 bits per heavy atom. The number of carboxylic acids is 1. The van der Waals surface area contributed by atoms with Gasteiger partial charge in [-0.1, -0.05) is 11.6 Å². The summed E-state index contributed by atoms with van der Waals surface area (Å²) in [6.07, 6.45) is -0.897. The van der Waals surface area contributed by atoms with Crippen LogP contribution in [0.15, 0.2) is 18.2 Å². The van der Waals surface area contributed by atoms with Crippen LogP contribution in [0, 0.1) is 5.82 Å². The molecular weight excluding hydrogens is 223 g/mol. The summed E-state index contributed by atoms with van der Waals surface area (Å²) in [7, 11) is 1.29. The lowest BCUT2D eigenvalue weighted by atomic mass is 10.1. The molecule has 0 heterocycles. The molecule has 0 saturated heterocycles. The van der Waals surface area contributed by atoms with Crippen LogP contribution in [-0.4, -0.2) is 24.3 Å². The minimum atomic E-state index is -1.09. The molecule has 1 atom stereocenters. The molecule has 5 heteroatoms. The van der Waals surface area contributed by atoms with Crippen LogP contribution in [0.25, 0.3) is 0 Å². The number of methoxy groups -OCH3 is 1. The summed E-state index contributed by atoms with van der Waals surface area (Å²) in [4.78, 5) is 10.7. The molecule has 3 nitrogen and oxygen atoms in total. The number of carbonyl (C=O) groups is 1. The van der Waals surface area contributed by atoms with E-state index in [1.807, 2.05) is 0 Å². The Labute approximate surface area is 91.4 Å². The van der Waals surface area contributed by atoms with Gasteiger partial charge in [0.25, 0.3) is 0 Å². The molecular formula is C10H10ClFO3. The van der Waals surface area contributed by atoms with Crippen LogP contribution in [0.1, 0.15) is 5.56 Å². The number of aliphatic carboxylic acids is 1. The van der Waals surface area contributed by atoms with Crippen LogP contribution in [0.2, 0.25) is 5.02 Å². The molecule has 82 valence electrons. The van der Waals surface area contributed by atoms with E-state index in [-0.39, 0.29) is 11.4 Å². The zero-order valence-electron chi connectivity index (χ0n) is 8.04. The molecule has 1 N–H and O–H groups in total. The standard InChI is InChI=1S/C10H10ClFO3/c1-15-9(10(13)14)4-6-2-7(11)5-8(12)3-6/h2-3,5,9H,4H2,1H3,(H,13,14). The number of ether oxygens (including phenoxy) is 1. The number of benzene rings is 1. The largest absolute Gasteiger partial charge is 0.479 e. The van der Waals surface area contributed by atoms with E-state index in [4.69, 9.17) is 21.4 Å². The summed E-state index contributed by atoms with van der Waals surface area (Å²) in [5, 5.41) is 8.96. The highest BCUT2D eigenvalue weighted by Gasteiger charge is 2.17. The van der Waals surface area contributed by atoms with Crippen LogP contribution in [-0.2, 0) is 16.0 Å². The van der Waals surface area contributed by atoms with Crippen molar-refractivity contribution in [3.8, 4) is 0 Å². The van der Waals surface area contributed by atoms with E-state index in [2.05, 4.69) is 0 Å². The maximum Gasteiger partial charge on any atom is 0.333 e. The molecule has 1 rings (SSSR count). The van der Waals surface area contributed by atoms with Gasteiger partial charge in [0, 0.05) is 18.6 Å². The first-order valence-electron chi connectivity index (χ1n) is 4.23. The number of hydrogen-bond acceptors (Lipinski definition) is 2. The van der Waals surface area contributed by atoms with Gasteiger partial charge in [-0.25, -0.2) is 9.18 Å². The Balaban J connectivity index is 2.83. The van der Waals surface area contributed by atoms with E-state index in [1.54, 1.807) is 0 Å². The SMILES string of the molecule is COC(Cc1cc(F)cc(Cl)c1)C(=O)O. The fourth-order valence-corrected chi connectivity index (χ4v) is 1.46. The predicted molar refractivity (Wildman–Crippen MR) is 53.5 cm³/mol. The Morgan fingerprint density at radius 3 is 2.73 bits per heavy atom. The van der Waals surface area contributed by atoms with Crippen LogP contribution in [0.3, 0.4) is 0 Å². The van der Waals surface area contributed by atoms with Crippen LogP contribution in [0.5, 0.6) is 0 Å². The van der Waals surface area contributed by atoms with Crippen LogP contribution < -0.4 is 0 Å². The number of halogens is 2. The predicted octanol–water partition coefficient (Wildman–Crippen LogP) is 2.12. The molecule has 15 heavy (non-hydrogen) atoms. The first-order valence-corrected chi connectivity index (χ1v) is 4.61. The van der Waals surface area contributed by atoms with Gasteiger partial charge < -0.3 is 9.84 Å². The minimum absolute atomic E-state index is 0.0866. The van der Waals surface area contributed by atoms with Gasteiger partial charge in [-0.2, -0.15) is 0 Å². The van der Waals surface area contributed by atoms with Gasteiger partial charge in [-0.05, 0) is 23.8 Å². The highest BCUT2D eigenvalue weighted by molar-refractivity contribution is 6.30. The summed E-state index contributed by atoms with van der Waals surface area (Å²) < 4.78 is 17.6. The second-order valence-corrected chi connectivity index (χ2v) is 3.48. The molecule has 0 aliphatic carbocycles. The van der Waals surface area contributed by atoms with Crippen molar-refractivity contribution in [3.63, 3.8) is 0 Å². The molecule has 0 aliphatic heterocycles. The average molecular weight is 233 g/mol. The molecule has 0 amide bonds. The molecule has 0 spiro atoms. The van der Waals surface area contributed by atoms with Gasteiger partial charge in [0.15, 0.2) is 6.10 Å². The van der Waals surface area contributed by atoms with Crippen molar-refractivity contribution < 1.29 is 19.0 Å². The van der Waals surface area contributed by atoms with Crippen LogP contribution >= 0.6 is 11.6 Å². The fraction of sp³-hybridized carbons (Fsp3) is 0.300. The molecule has 0 aliphatic rings. The zero-order valence-corrected chi connectivity index (χ0v) is 8.79. The van der Waals surface area contributed by atoms with Gasteiger partial charge in [0.1, 0.15) is 5.82 Å². The monoisotopic (exact) mass is 232 g/mol. The Hall–Kier alpha value is -1.13. The topological polar surface area (TPSA) is 46.5 Å². The third-order valence-corrected chi connectivity index (χ3v) is 2.12. The number of rotatable bonds is 4. The molecule has 0 saturated carbocycles. The first-order chi connectivity index (χ1) is 7.02. The molecule has 0 fully saturated rings. The van der Waals surface area contributed by atoms with E-state index < -0.39 is 17.9 Å². The van der Waals surface area contributed by atoms with Gasteiger partial charge >= 0.3 is 5.97 Å². The summed E-state index contributed by atoms with van der Waals surface area (Å²) in [5.74, 6) is -1.57. The van der Waals surface area contributed by atoms with Gasteiger partial charge in [-0.15, -0.1) is 0 Å². The Kier molecular flexibility index (Phi) is 4.05. The third-order valence-electron chi connectivity index (χ3n) is 1.90. The van der Waals surface area contributed by atoms with E-state index in [1.165, 1.54) is 19.2 Å². The van der Waals surface area contributed by atoms with Crippen molar-refractivity contribution >= 4 is 17.6 Å². The number of hydrogen-bond donors (Lipinski definition) is 1. The molecule has 0 aromatic heterocycles. The Bertz CT molecular complexity index is 347. The molecule has 1 unspecified atom stereocenters. The molecule has 0 bridgehead atoms. The molecule has 1 aromatic rings. The average Bonchev–Trinajstić information content (AvgIpc) is 2.12. The van der Waals surface area contributed by atoms with Gasteiger partial charge in [0.2, 0.25) is 0 Å². The Morgan fingerprint density at radius 1 is 1.60 bits per heavy atom. The van der Waals surface area contributed by atoms with Crippen molar-refractivity contribution in [2.45, 2.75) is 12.5 Å². The van der Waals surface area contributed by atoms with Crippen molar-refractivity contribution in [1.29, 1.82) is 0 Å². The highest BCUT2D eigenvalue weighted by atomic mass is 35.5. The maximum atomic E-state index is 12.9. The second-order valence-electron chi connectivity index (χ2n) is 3.04. The molecule has 1 aromatic carbocycles.